The first-order valence-electron chi connectivity index (χ1n) is 8.66. The van der Waals surface area contributed by atoms with Crippen molar-refractivity contribution >= 4 is 29.0 Å². The number of aliphatic hydroxyl groups is 1. The fourth-order valence-electron chi connectivity index (χ4n) is 2.87. The number of furan rings is 1. The molecule has 1 aliphatic rings. The molecule has 8 nitrogen and oxygen atoms in total. The lowest BCUT2D eigenvalue weighted by molar-refractivity contribution is -0.147. The Morgan fingerprint density at radius 3 is 2.40 bits per heavy atom. The molecule has 2 heterocycles. The van der Waals surface area contributed by atoms with Gasteiger partial charge < -0.3 is 25.1 Å². The molecule has 1 amide bonds. The minimum absolute atomic E-state index is 0.0350. The number of carbonyl (C=O) groups excluding carboxylic acids is 1. The van der Waals surface area contributed by atoms with Gasteiger partial charge in [0.05, 0.1) is 5.70 Å². The highest BCUT2D eigenvalue weighted by Crippen LogP contribution is 2.38. The molecule has 3 rings (SSSR count). The highest BCUT2D eigenvalue weighted by Gasteiger charge is 2.45. The van der Waals surface area contributed by atoms with Gasteiger partial charge in [-0.25, -0.2) is 0 Å². The third-order valence-corrected chi connectivity index (χ3v) is 5.62. The van der Waals surface area contributed by atoms with Gasteiger partial charge in [0, 0.05) is 14.1 Å². The molecule has 2 aromatic rings. The van der Waals surface area contributed by atoms with E-state index in [2.05, 4.69) is 5.32 Å². The number of rotatable bonds is 6. The van der Waals surface area contributed by atoms with E-state index in [4.69, 9.17) is 4.42 Å². The van der Waals surface area contributed by atoms with Crippen LogP contribution >= 0.6 is 11.8 Å². The van der Waals surface area contributed by atoms with Gasteiger partial charge in [-0.05, 0) is 24.5 Å². The number of hydrogen-bond donors (Lipinski definition) is 3. The first-order valence-corrected chi connectivity index (χ1v) is 9.60. The van der Waals surface area contributed by atoms with Crippen LogP contribution in [0.25, 0.3) is 0 Å². The maximum atomic E-state index is 13.5. The van der Waals surface area contributed by atoms with Crippen LogP contribution in [-0.2, 0) is 4.79 Å². The van der Waals surface area contributed by atoms with Crippen LogP contribution in [-0.4, -0.2) is 47.5 Å². The molecule has 162 valence electrons. The second kappa shape index (κ2) is 7.84. The molecule has 3 atom stereocenters. The fourth-order valence-corrected chi connectivity index (χ4v) is 3.98. The average Bonchev–Trinajstić information content (AvgIpc) is 3.24. The van der Waals surface area contributed by atoms with Crippen molar-refractivity contribution in [3.8, 4) is 0 Å². The van der Waals surface area contributed by atoms with Crippen molar-refractivity contribution in [1.29, 1.82) is 0 Å². The number of nitrogens with one attached hydrogen (secondary N) is 2. The highest BCUT2D eigenvalue weighted by molar-refractivity contribution is 8.03. The van der Waals surface area contributed by atoms with Crippen molar-refractivity contribution in [2.45, 2.75) is 30.5 Å². The molecule has 0 fully saturated rings. The van der Waals surface area contributed by atoms with E-state index in [1.54, 1.807) is 0 Å². The molecule has 0 bridgehead atoms. The number of nitrogens with zero attached hydrogens (tertiary/aromatic N) is 1. The van der Waals surface area contributed by atoms with Gasteiger partial charge >= 0.3 is 6.18 Å². The van der Waals surface area contributed by atoms with Crippen molar-refractivity contribution in [3.63, 3.8) is 0 Å². The van der Waals surface area contributed by atoms with E-state index in [0.29, 0.717) is 0 Å². The molecular formula is C18H18F3N3O5S. The van der Waals surface area contributed by atoms with Crippen LogP contribution in [0.1, 0.15) is 17.6 Å². The third kappa shape index (κ3) is 3.97. The van der Waals surface area contributed by atoms with Crippen LogP contribution in [0.15, 0.2) is 37.2 Å². The van der Waals surface area contributed by atoms with Crippen molar-refractivity contribution in [2.75, 3.05) is 24.7 Å². The van der Waals surface area contributed by atoms with Gasteiger partial charge in [0.15, 0.2) is 6.04 Å². The van der Waals surface area contributed by atoms with Crippen molar-refractivity contribution < 1.29 is 27.5 Å². The SMILES string of the molecule is Cc1ccc([C@H](Nc2c(NC3=CSC(C(=O)N(C)C)C3O)c(=O)c2=O)C(F)(F)F)o1. The molecular weight excluding hydrogens is 427 g/mol. The summed E-state index contributed by atoms with van der Waals surface area (Å²) in [5.41, 5.74) is -3.11. The van der Waals surface area contributed by atoms with Crippen LogP contribution in [0, 0.1) is 6.92 Å². The number of hydrogen-bond acceptors (Lipinski definition) is 8. The molecule has 30 heavy (non-hydrogen) atoms. The van der Waals surface area contributed by atoms with Crippen LogP contribution < -0.4 is 21.5 Å². The molecule has 0 aliphatic carbocycles. The Morgan fingerprint density at radius 1 is 1.23 bits per heavy atom. The lowest BCUT2D eigenvalue weighted by Crippen LogP contribution is -2.42. The number of anilines is 2. The maximum Gasteiger partial charge on any atom is 0.415 e. The van der Waals surface area contributed by atoms with E-state index >= 15 is 0 Å². The van der Waals surface area contributed by atoms with Gasteiger partial charge in [0.1, 0.15) is 34.2 Å². The Bertz CT molecular complexity index is 1070. The second-order valence-electron chi connectivity index (χ2n) is 6.91. The van der Waals surface area contributed by atoms with E-state index in [-0.39, 0.29) is 17.4 Å². The van der Waals surface area contributed by atoms with Gasteiger partial charge in [0.2, 0.25) is 5.91 Å². The molecule has 0 saturated heterocycles. The summed E-state index contributed by atoms with van der Waals surface area (Å²) in [5, 5.41) is 15.4. The molecule has 3 N–H and O–H groups in total. The van der Waals surface area contributed by atoms with Crippen LogP contribution in [0.4, 0.5) is 24.5 Å². The normalized spacial score (nSPS) is 20.2. The number of amides is 1. The number of alkyl halides is 3. The quantitative estimate of drug-likeness (QED) is 0.577. The number of aliphatic hydroxyl groups excluding tert-OH is 1. The number of carbonyl (C=O) groups is 1. The Balaban J connectivity index is 1.83. The predicted octanol–water partition coefficient (Wildman–Crippen LogP) is 1.72. The molecule has 1 aliphatic heterocycles. The standard InChI is InChI=1S/C18H18F3N3O5S/c1-7-4-5-9(29-7)16(18(19,20)21)23-11-10(13(26)14(11)27)22-8-6-30-15(12(8)25)17(28)24(2)3/h4-6,12,15-16,22-23,25H,1-3H3/t12?,15?,16-/m0/s1. The summed E-state index contributed by atoms with van der Waals surface area (Å²) in [5.74, 6) is -0.599. The van der Waals surface area contributed by atoms with Crippen LogP contribution in [0.5, 0.6) is 0 Å². The van der Waals surface area contributed by atoms with Gasteiger partial charge in [-0.1, -0.05) is 0 Å². The second-order valence-corrected chi connectivity index (χ2v) is 7.92. The topological polar surface area (TPSA) is 112 Å². The molecule has 0 saturated carbocycles. The van der Waals surface area contributed by atoms with Gasteiger partial charge in [-0.15, -0.1) is 11.8 Å². The molecule has 1 aromatic heterocycles. The number of aryl methyl sites for hydroxylation is 1. The molecule has 2 unspecified atom stereocenters. The summed E-state index contributed by atoms with van der Waals surface area (Å²) < 4.78 is 45.6. The van der Waals surface area contributed by atoms with Gasteiger partial charge in [0.25, 0.3) is 10.9 Å². The average molecular weight is 445 g/mol. The Hall–Kier alpha value is -2.73. The van der Waals surface area contributed by atoms with Gasteiger partial charge in [-0.3, -0.25) is 14.4 Å². The van der Waals surface area contributed by atoms with E-state index in [9.17, 15) is 32.7 Å². The molecule has 1 aromatic carbocycles. The van der Waals surface area contributed by atoms with E-state index < -0.39 is 51.6 Å². The largest absolute Gasteiger partial charge is 0.464 e. The van der Waals surface area contributed by atoms with Gasteiger partial charge in [-0.2, -0.15) is 13.2 Å². The highest BCUT2D eigenvalue weighted by atomic mass is 32.2. The molecule has 12 heteroatoms. The first-order chi connectivity index (χ1) is 13.9. The lowest BCUT2D eigenvalue weighted by Gasteiger charge is -2.24. The minimum atomic E-state index is -4.81. The number of halogens is 3. The summed E-state index contributed by atoms with van der Waals surface area (Å²) in [4.78, 5) is 37.2. The predicted molar refractivity (Wildman–Crippen MR) is 105 cm³/mol. The summed E-state index contributed by atoms with van der Waals surface area (Å²) in [7, 11) is 3.01. The smallest absolute Gasteiger partial charge is 0.415 e. The zero-order valence-electron chi connectivity index (χ0n) is 16.0. The van der Waals surface area contributed by atoms with Crippen molar-refractivity contribution in [3.05, 3.63) is 55.2 Å². The Kier molecular flexibility index (Phi) is 5.74. The monoisotopic (exact) mass is 445 g/mol. The zero-order chi connectivity index (χ0) is 22.4. The summed E-state index contributed by atoms with van der Waals surface area (Å²) >= 11 is 0.993. The summed E-state index contributed by atoms with van der Waals surface area (Å²) in [6.45, 7) is 1.47. The van der Waals surface area contributed by atoms with E-state index in [1.165, 1.54) is 37.4 Å². The maximum absolute atomic E-state index is 13.5. The van der Waals surface area contributed by atoms with Crippen molar-refractivity contribution in [1.82, 2.24) is 4.90 Å². The molecule has 0 spiro atoms. The summed E-state index contributed by atoms with van der Waals surface area (Å²) in [6.07, 6.45) is -6.14. The van der Waals surface area contributed by atoms with Crippen LogP contribution in [0.3, 0.4) is 0 Å². The fraction of sp³-hybridized carbons (Fsp3) is 0.389. The number of thioether (sulfide) groups is 1. The lowest BCUT2D eigenvalue weighted by atomic mass is 10.1. The van der Waals surface area contributed by atoms with E-state index in [0.717, 1.165) is 17.8 Å². The van der Waals surface area contributed by atoms with Crippen LogP contribution in [0.2, 0.25) is 0 Å². The Morgan fingerprint density at radius 2 is 1.87 bits per heavy atom. The molecule has 0 radical (unpaired) electrons. The third-order valence-electron chi connectivity index (χ3n) is 4.47. The van der Waals surface area contributed by atoms with Crippen molar-refractivity contribution in [2.24, 2.45) is 0 Å². The Labute approximate surface area is 172 Å². The zero-order valence-corrected chi connectivity index (χ0v) is 16.9. The van der Waals surface area contributed by atoms with E-state index in [1.807, 2.05) is 5.32 Å². The summed E-state index contributed by atoms with van der Waals surface area (Å²) in [6, 6.07) is 0.113. The minimum Gasteiger partial charge on any atom is -0.464 e. The first kappa shape index (κ1) is 22.0.